The van der Waals surface area contributed by atoms with E-state index in [0.29, 0.717) is 16.7 Å². The van der Waals surface area contributed by atoms with Gasteiger partial charge in [-0.25, -0.2) is 0 Å². The van der Waals surface area contributed by atoms with Crippen molar-refractivity contribution in [1.82, 2.24) is 5.32 Å². The van der Waals surface area contributed by atoms with Gasteiger partial charge >= 0.3 is 0 Å². The first-order valence-corrected chi connectivity index (χ1v) is 5.94. The van der Waals surface area contributed by atoms with Crippen molar-refractivity contribution in [3.63, 3.8) is 0 Å². The van der Waals surface area contributed by atoms with E-state index >= 15 is 0 Å². The first kappa shape index (κ1) is 10.1. The van der Waals surface area contributed by atoms with Crippen LogP contribution in [-0.2, 0) is 0 Å². The molecule has 1 fully saturated rings. The molecule has 0 aliphatic carbocycles. The van der Waals surface area contributed by atoms with E-state index in [-0.39, 0.29) is 5.78 Å². The van der Waals surface area contributed by atoms with Gasteiger partial charge < -0.3 is 5.32 Å². The summed E-state index contributed by atoms with van der Waals surface area (Å²) in [5, 5.41) is 3.26. The number of Topliss-reactive ketones (excluding diaryl/α,β-unsaturated/α-hetero) is 1. The molecule has 0 amide bonds. The third kappa shape index (κ3) is 2.35. The van der Waals surface area contributed by atoms with Crippen LogP contribution in [0.2, 0.25) is 4.34 Å². The standard InChI is InChI=1S/C10H12ClNOS/c11-10-2-1-9(14-10)8(13)5-7-3-4-12-6-7/h1-2,7,12H,3-6H2. The molecule has 0 saturated carbocycles. The third-order valence-corrected chi connectivity index (χ3v) is 3.76. The van der Waals surface area contributed by atoms with E-state index in [9.17, 15) is 4.79 Å². The van der Waals surface area contributed by atoms with Gasteiger partial charge in [0.15, 0.2) is 5.78 Å². The minimum Gasteiger partial charge on any atom is -0.316 e. The van der Waals surface area contributed by atoms with Crippen molar-refractivity contribution >= 4 is 28.7 Å². The van der Waals surface area contributed by atoms with Crippen LogP contribution in [0.3, 0.4) is 0 Å². The van der Waals surface area contributed by atoms with Crippen molar-refractivity contribution < 1.29 is 4.79 Å². The average Bonchev–Trinajstić information content (AvgIpc) is 2.75. The van der Waals surface area contributed by atoms with Crippen LogP contribution in [0.25, 0.3) is 0 Å². The zero-order valence-electron chi connectivity index (χ0n) is 7.75. The monoisotopic (exact) mass is 229 g/mol. The molecule has 1 aliphatic heterocycles. The molecule has 0 radical (unpaired) electrons. The molecule has 0 bridgehead atoms. The number of carbonyl (C=O) groups excluding carboxylic acids is 1. The summed E-state index contributed by atoms with van der Waals surface area (Å²) in [6.45, 7) is 2.02. The minimum absolute atomic E-state index is 0.232. The van der Waals surface area contributed by atoms with E-state index in [1.165, 1.54) is 11.3 Å². The number of hydrogen-bond acceptors (Lipinski definition) is 3. The topological polar surface area (TPSA) is 29.1 Å². The average molecular weight is 230 g/mol. The van der Waals surface area contributed by atoms with E-state index < -0.39 is 0 Å². The van der Waals surface area contributed by atoms with Gasteiger partial charge in [0, 0.05) is 6.42 Å². The Bertz CT molecular complexity index is 331. The summed E-state index contributed by atoms with van der Waals surface area (Å²) < 4.78 is 0.692. The molecule has 1 aliphatic rings. The van der Waals surface area contributed by atoms with Crippen LogP contribution in [-0.4, -0.2) is 18.9 Å². The number of halogens is 1. The van der Waals surface area contributed by atoms with E-state index in [1.807, 2.05) is 6.07 Å². The SMILES string of the molecule is O=C(CC1CCNC1)c1ccc(Cl)s1. The number of nitrogens with one attached hydrogen (secondary N) is 1. The summed E-state index contributed by atoms with van der Waals surface area (Å²) in [5.74, 6) is 0.749. The summed E-state index contributed by atoms with van der Waals surface area (Å²) in [6, 6.07) is 3.60. The maximum Gasteiger partial charge on any atom is 0.173 e. The summed E-state index contributed by atoms with van der Waals surface area (Å²) in [7, 11) is 0. The predicted octanol–water partition coefficient (Wildman–Crippen LogP) is 2.58. The molecule has 4 heteroatoms. The highest BCUT2D eigenvalue weighted by molar-refractivity contribution is 7.18. The number of carbonyl (C=O) groups is 1. The highest BCUT2D eigenvalue weighted by atomic mass is 35.5. The Hall–Kier alpha value is -0.380. The van der Waals surface area contributed by atoms with Crippen molar-refractivity contribution in [3.8, 4) is 0 Å². The molecule has 0 aromatic carbocycles. The first-order valence-electron chi connectivity index (χ1n) is 4.75. The molecule has 0 spiro atoms. The maximum atomic E-state index is 11.7. The second-order valence-corrected chi connectivity index (χ2v) is 5.30. The molecule has 2 heterocycles. The van der Waals surface area contributed by atoms with E-state index in [4.69, 9.17) is 11.6 Å². The van der Waals surface area contributed by atoms with Crippen molar-refractivity contribution in [2.24, 2.45) is 5.92 Å². The van der Waals surface area contributed by atoms with Gasteiger partial charge in [0.05, 0.1) is 9.21 Å². The molecule has 2 nitrogen and oxygen atoms in total. The molecular weight excluding hydrogens is 218 g/mol. The van der Waals surface area contributed by atoms with E-state index in [2.05, 4.69) is 5.32 Å². The lowest BCUT2D eigenvalue weighted by atomic mass is 10.0. The Labute approximate surface area is 92.3 Å². The summed E-state index contributed by atoms with van der Waals surface area (Å²) in [4.78, 5) is 12.5. The van der Waals surface area contributed by atoms with Crippen molar-refractivity contribution in [3.05, 3.63) is 21.3 Å². The van der Waals surface area contributed by atoms with Gasteiger partial charge in [-0.3, -0.25) is 4.79 Å². The lowest BCUT2D eigenvalue weighted by Crippen LogP contribution is -2.12. The minimum atomic E-state index is 0.232. The van der Waals surface area contributed by atoms with Gasteiger partial charge in [0.25, 0.3) is 0 Å². The Balaban J connectivity index is 1.95. The Morgan fingerprint density at radius 1 is 1.64 bits per heavy atom. The van der Waals surface area contributed by atoms with Crippen molar-refractivity contribution in [2.45, 2.75) is 12.8 Å². The smallest absolute Gasteiger partial charge is 0.173 e. The quantitative estimate of drug-likeness (QED) is 0.808. The van der Waals surface area contributed by atoms with Crippen LogP contribution in [0.1, 0.15) is 22.5 Å². The van der Waals surface area contributed by atoms with Crippen molar-refractivity contribution in [1.29, 1.82) is 0 Å². The lowest BCUT2D eigenvalue weighted by molar-refractivity contribution is 0.0968. The maximum absolute atomic E-state index is 11.7. The molecule has 14 heavy (non-hydrogen) atoms. The zero-order chi connectivity index (χ0) is 9.97. The molecule has 1 aromatic heterocycles. The Morgan fingerprint density at radius 2 is 2.50 bits per heavy atom. The van der Waals surface area contributed by atoms with Gasteiger partial charge in [-0.1, -0.05) is 11.6 Å². The summed E-state index contributed by atoms with van der Waals surface area (Å²) >= 11 is 7.15. The van der Waals surface area contributed by atoms with Crippen LogP contribution in [0.4, 0.5) is 0 Å². The zero-order valence-corrected chi connectivity index (χ0v) is 9.33. The molecule has 1 saturated heterocycles. The normalized spacial score (nSPS) is 21.4. The second kappa shape index (κ2) is 4.43. The number of rotatable bonds is 3. The number of thiophene rings is 1. The molecule has 1 N–H and O–H groups in total. The van der Waals surface area contributed by atoms with Gasteiger partial charge in [-0.2, -0.15) is 0 Å². The van der Waals surface area contributed by atoms with E-state index in [0.717, 1.165) is 24.4 Å². The van der Waals surface area contributed by atoms with Crippen LogP contribution < -0.4 is 5.32 Å². The molecule has 1 aromatic rings. The fourth-order valence-electron chi connectivity index (χ4n) is 1.72. The van der Waals surface area contributed by atoms with Crippen molar-refractivity contribution in [2.75, 3.05) is 13.1 Å². The summed E-state index contributed by atoms with van der Waals surface area (Å²) in [6.07, 6.45) is 1.77. The van der Waals surface area contributed by atoms with Gasteiger partial charge in [-0.15, -0.1) is 11.3 Å². The highest BCUT2D eigenvalue weighted by Crippen LogP contribution is 2.24. The molecular formula is C10H12ClNOS. The second-order valence-electron chi connectivity index (χ2n) is 3.59. The predicted molar refractivity (Wildman–Crippen MR) is 59.3 cm³/mol. The first-order chi connectivity index (χ1) is 6.75. The number of hydrogen-bond donors (Lipinski definition) is 1. The lowest BCUT2D eigenvalue weighted by Gasteiger charge is -2.04. The van der Waals surface area contributed by atoms with E-state index in [1.54, 1.807) is 6.07 Å². The molecule has 76 valence electrons. The van der Waals surface area contributed by atoms with Crippen LogP contribution >= 0.6 is 22.9 Å². The molecule has 2 rings (SSSR count). The Morgan fingerprint density at radius 3 is 3.07 bits per heavy atom. The van der Waals surface area contributed by atoms with Crippen LogP contribution in [0, 0.1) is 5.92 Å². The fraction of sp³-hybridized carbons (Fsp3) is 0.500. The van der Waals surface area contributed by atoms with Gasteiger partial charge in [-0.05, 0) is 37.6 Å². The highest BCUT2D eigenvalue weighted by Gasteiger charge is 2.19. The summed E-state index contributed by atoms with van der Waals surface area (Å²) in [5.41, 5.74) is 0. The fourth-order valence-corrected chi connectivity index (χ4v) is 2.71. The molecule has 1 atom stereocenters. The third-order valence-electron chi connectivity index (χ3n) is 2.48. The van der Waals surface area contributed by atoms with Gasteiger partial charge in [0.2, 0.25) is 0 Å². The van der Waals surface area contributed by atoms with Crippen LogP contribution in [0.5, 0.6) is 0 Å². The largest absolute Gasteiger partial charge is 0.316 e. The Kier molecular flexibility index (Phi) is 3.21. The number of ketones is 1. The van der Waals surface area contributed by atoms with Crippen LogP contribution in [0.15, 0.2) is 12.1 Å². The van der Waals surface area contributed by atoms with Gasteiger partial charge in [0.1, 0.15) is 0 Å². The molecule has 1 unspecified atom stereocenters.